The Bertz CT molecular complexity index is 621. The largest absolute Gasteiger partial charge is 4.00 e. The van der Waals surface area contributed by atoms with Gasteiger partial charge in [0.25, 0.3) is 0 Å². The van der Waals surface area contributed by atoms with E-state index in [2.05, 4.69) is 31.2 Å². The number of benzene rings is 2. The van der Waals surface area contributed by atoms with E-state index in [4.69, 9.17) is 5.32 Å². The predicted molar refractivity (Wildman–Crippen MR) is 114 cm³/mol. The molecule has 0 aromatic heterocycles. The summed E-state index contributed by atoms with van der Waals surface area (Å²) < 4.78 is 0. The molecule has 0 N–H and O–H groups in total. The minimum absolute atomic E-state index is 0. The van der Waals surface area contributed by atoms with Crippen LogP contribution in [0.5, 0.6) is 0 Å². The molecule has 3 aliphatic rings. The second-order valence-corrected chi connectivity index (χ2v) is 6.50. The Hall–Kier alpha value is -0.877. The molecule has 0 saturated heterocycles. The number of para-hydroxylation sites is 1. The standard InChI is InChI=1S/C16H15N.2C5H5.Zr/c1-12-11-13-7-5-6-10-15(13)16(12)17-14-8-3-2-4-9-14;2*1-2-4-5-3-1;/h2-10,12,16H,1,11H2;2*1-5H;/q-2;;;+4. The minimum Gasteiger partial charge on any atom is -0.680 e. The molecule has 2 unspecified atom stereocenters. The first-order chi connectivity index (χ1) is 13.3. The molecule has 2 atom stereocenters. The van der Waals surface area contributed by atoms with Crippen molar-refractivity contribution in [3.63, 3.8) is 0 Å². The van der Waals surface area contributed by atoms with Crippen LogP contribution < -0.4 is 0 Å². The third kappa shape index (κ3) is 7.51. The SMILES string of the molecule is [CH2-]C1Cc2ccccc2C1[N-]c1ccccc1.[CH]1[CH][CH][CH][CH]1.[CH]1[CH][CH][CH][CH]1.[Zr+4]. The van der Waals surface area contributed by atoms with Gasteiger partial charge in [-0.2, -0.15) is 5.92 Å². The predicted octanol–water partition coefficient (Wildman–Crippen LogP) is 6.48. The maximum Gasteiger partial charge on any atom is 4.00 e. The smallest absolute Gasteiger partial charge is 0.680 e. The van der Waals surface area contributed by atoms with Gasteiger partial charge in [-0.05, 0) is 69.8 Å². The van der Waals surface area contributed by atoms with Crippen LogP contribution in [0, 0.1) is 77.0 Å². The molecule has 10 radical (unpaired) electrons. The zero-order valence-corrected chi connectivity index (χ0v) is 18.4. The molecule has 2 aromatic rings. The fraction of sp³-hybridized carbons (Fsp3) is 0.115. The van der Waals surface area contributed by atoms with E-state index in [0.717, 1.165) is 12.1 Å². The summed E-state index contributed by atoms with van der Waals surface area (Å²) in [6.07, 6.45) is 21.0. The van der Waals surface area contributed by atoms with E-state index >= 15 is 0 Å². The van der Waals surface area contributed by atoms with Crippen LogP contribution >= 0.6 is 0 Å². The number of fused-ring (bicyclic) bond motifs is 1. The van der Waals surface area contributed by atoms with E-state index in [9.17, 15) is 0 Å². The normalized spacial score (nSPS) is 22.0. The van der Waals surface area contributed by atoms with E-state index < -0.39 is 0 Å². The maximum absolute atomic E-state index is 4.82. The molecule has 2 fully saturated rings. The van der Waals surface area contributed by atoms with Crippen molar-refractivity contribution in [3.05, 3.63) is 142 Å². The summed E-state index contributed by atoms with van der Waals surface area (Å²) >= 11 is 0. The van der Waals surface area contributed by atoms with Crippen molar-refractivity contribution in [1.82, 2.24) is 0 Å². The van der Waals surface area contributed by atoms with E-state index in [0.29, 0.717) is 5.92 Å². The average Bonchev–Trinajstić information content (AvgIpc) is 3.49. The van der Waals surface area contributed by atoms with Crippen LogP contribution in [0.15, 0.2) is 54.6 Å². The van der Waals surface area contributed by atoms with Gasteiger partial charge in [0.1, 0.15) is 0 Å². The van der Waals surface area contributed by atoms with Crippen molar-refractivity contribution in [2.24, 2.45) is 5.92 Å². The van der Waals surface area contributed by atoms with Gasteiger partial charge in [-0.15, -0.1) is 11.7 Å². The van der Waals surface area contributed by atoms with Crippen LogP contribution in [-0.2, 0) is 32.6 Å². The molecule has 0 heterocycles. The Morgan fingerprint density at radius 2 is 1.11 bits per heavy atom. The summed E-state index contributed by atoms with van der Waals surface area (Å²) in [6.45, 7) is 4.24. The van der Waals surface area contributed by atoms with Crippen LogP contribution in [0.25, 0.3) is 5.32 Å². The van der Waals surface area contributed by atoms with Crippen molar-refractivity contribution in [3.8, 4) is 0 Å². The fourth-order valence-corrected chi connectivity index (χ4v) is 3.15. The zero-order valence-electron chi connectivity index (χ0n) is 16.0. The molecule has 28 heavy (non-hydrogen) atoms. The van der Waals surface area contributed by atoms with Crippen molar-refractivity contribution in [2.45, 2.75) is 12.5 Å². The Morgan fingerprint density at radius 1 is 0.643 bits per heavy atom. The Kier molecular flexibility index (Phi) is 11.2. The summed E-state index contributed by atoms with van der Waals surface area (Å²) in [5.41, 5.74) is 3.79. The second-order valence-electron chi connectivity index (χ2n) is 6.50. The van der Waals surface area contributed by atoms with Gasteiger partial charge in [0, 0.05) is 0 Å². The van der Waals surface area contributed by atoms with Crippen molar-refractivity contribution in [2.75, 3.05) is 0 Å². The molecule has 136 valence electrons. The maximum atomic E-state index is 4.82. The van der Waals surface area contributed by atoms with Gasteiger partial charge in [0.05, 0.1) is 0 Å². The van der Waals surface area contributed by atoms with Crippen molar-refractivity contribution < 1.29 is 26.2 Å². The Balaban J connectivity index is 0.000000209. The molecule has 5 rings (SSSR count). The molecular formula is C26H25NZr+2. The molecule has 0 aliphatic heterocycles. The number of hydrogen-bond acceptors (Lipinski definition) is 0. The third-order valence-corrected chi connectivity index (χ3v) is 4.46. The number of hydrogen-bond donors (Lipinski definition) is 0. The third-order valence-electron chi connectivity index (χ3n) is 4.46. The van der Waals surface area contributed by atoms with E-state index in [-0.39, 0.29) is 32.2 Å². The van der Waals surface area contributed by atoms with E-state index in [1.807, 2.05) is 94.5 Å². The van der Waals surface area contributed by atoms with Crippen LogP contribution in [0.3, 0.4) is 0 Å². The summed E-state index contributed by atoms with van der Waals surface area (Å²) in [4.78, 5) is 0. The van der Waals surface area contributed by atoms with Crippen LogP contribution in [0.1, 0.15) is 17.2 Å². The fourth-order valence-electron chi connectivity index (χ4n) is 3.15. The van der Waals surface area contributed by atoms with Crippen LogP contribution in [-0.4, -0.2) is 0 Å². The minimum atomic E-state index is 0. The summed E-state index contributed by atoms with van der Waals surface area (Å²) in [5, 5.41) is 4.82. The van der Waals surface area contributed by atoms with Gasteiger partial charge in [0.15, 0.2) is 0 Å². The first-order valence-corrected chi connectivity index (χ1v) is 9.35. The van der Waals surface area contributed by atoms with E-state index in [1.165, 1.54) is 11.1 Å². The van der Waals surface area contributed by atoms with Crippen molar-refractivity contribution in [1.29, 1.82) is 0 Å². The Morgan fingerprint density at radius 3 is 1.64 bits per heavy atom. The van der Waals surface area contributed by atoms with Gasteiger partial charge in [-0.25, -0.2) is 0 Å². The quantitative estimate of drug-likeness (QED) is 0.473. The number of nitrogens with zero attached hydrogens (tertiary/aromatic N) is 1. The van der Waals surface area contributed by atoms with E-state index in [1.54, 1.807) is 0 Å². The molecule has 2 saturated carbocycles. The molecule has 2 heteroatoms. The summed E-state index contributed by atoms with van der Waals surface area (Å²) in [6, 6.07) is 18.9. The molecule has 0 amide bonds. The molecule has 0 spiro atoms. The topological polar surface area (TPSA) is 14.1 Å². The van der Waals surface area contributed by atoms with Gasteiger partial charge in [-0.3, -0.25) is 0 Å². The molecule has 1 nitrogen and oxygen atoms in total. The Labute approximate surface area is 191 Å². The molecule has 0 bridgehead atoms. The monoisotopic (exact) mass is 441 g/mol. The van der Waals surface area contributed by atoms with Crippen molar-refractivity contribution >= 4 is 5.69 Å². The first kappa shape index (κ1) is 23.4. The van der Waals surface area contributed by atoms with Gasteiger partial charge in [-0.1, -0.05) is 66.6 Å². The molecule has 3 aliphatic carbocycles. The zero-order chi connectivity index (χ0) is 18.7. The molecule has 2 aromatic carbocycles. The van der Waals surface area contributed by atoms with Gasteiger partial charge in [0.2, 0.25) is 0 Å². The van der Waals surface area contributed by atoms with Crippen LogP contribution in [0.2, 0.25) is 0 Å². The molecular weight excluding hydrogens is 418 g/mol. The summed E-state index contributed by atoms with van der Waals surface area (Å²) in [7, 11) is 0. The first-order valence-electron chi connectivity index (χ1n) is 9.35. The second kappa shape index (κ2) is 13.4. The van der Waals surface area contributed by atoms with Gasteiger partial charge < -0.3 is 12.2 Å². The van der Waals surface area contributed by atoms with Gasteiger partial charge >= 0.3 is 26.2 Å². The summed E-state index contributed by atoms with van der Waals surface area (Å²) in [5.74, 6) is 0.354. The number of rotatable bonds is 2. The average molecular weight is 443 g/mol. The van der Waals surface area contributed by atoms with Crippen LogP contribution in [0.4, 0.5) is 5.69 Å².